The summed E-state index contributed by atoms with van der Waals surface area (Å²) in [6, 6.07) is 8.20. The molecule has 112 valence electrons. The zero-order valence-electron chi connectivity index (χ0n) is 12.8. The van der Waals surface area contributed by atoms with E-state index in [4.69, 9.17) is 4.74 Å². The number of hydrogen-bond acceptors (Lipinski definition) is 2. The topological polar surface area (TPSA) is 29.5 Å². The molecule has 0 amide bonds. The Bertz CT molecular complexity index is 385. The van der Waals surface area contributed by atoms with Crippen molar-refractivity contribution in [3.05, 3.63) is 29.8 Å². The molecule has 3 atom stereocenters. The average Bonchev–Trinajstić information content (AvgIpc) is 2.53. The Balaban J connectivity index is 1.85. The van der Waals surface area contributed by atoms with Crippen molar-refractivity contribution < 1.29 is 9.84 Å². The maximum absolute atomic E-state index is 10.5. The van der Waals surface area contributed by atoms with E-state index >= 15 is 0 Å². The molecule has 2 heteroatoms. The molecular weight excluding hydrogens is 248 g/mol. The molecule has 1 aliphatic carbocycles. The van der Waals surface area contributed by atoms with E-state index in [9.17, 15) is 5.11 Å². The number of benzene rings is 1. The highest BCUT2D eigenvalue weighted by Gasteiger charge is 2.29. The van der Waals surface area contributed by atoms with Crippen LogP contribution in [0.25, 0.3) is 0 Å². The number of aryl methyl sites for hydroxylation is 1. The van der Waals surface area contributed by atoms with Crippen molar-refractivity contribution in [3.63, 3.8) is 0 Å². The van der Waals surface area contributed by atoms with Crippen molar-refractivity contribution in [1.82, 2.24) is 0 Å². The predicted octanol–water partition coefficient (Wildman–Crippen LogP) is 4.21. The fraction of sp³-hybridized carbons (Fsp3) is 0.667. The molecule has 0 radical (unpaired) electrons. The SMILES string of the molecule is CCC1CCCCC1C(O)CCc1ccc(OC)cc1. The molecule has 1 aliphatic rings. The minimum absolute atomic E-state index is 0.137. The number of methoxy groups -OCH3 is 1. The summed E-state index contributed by atoms with van der Waals surface area (Å²) in [6.07, 6.45) is 8.07. The summed E-state index contributed by atoms with van der Waals surface area (Å²) in [7, 11) is 1.69. The van der Waals surface area contributed by atoms with Crippen LogP contribution < -0.4 is 4.74 Å². The first-order chi connectivity index (χ1) is 9.74. The summed E-state index contributed by atoms with van der Waals surface area (Å²) in [5, 5.41) is 10.5. The average molecular weight is 276 g/mol. The molecule has 3 unspecified atom stereocenters. The van der Waals surface area contributed by atoms with E-state index in [0.29, 0.717) is 5.92 Å². The Morgan fingerprint density at radius 3 is 2.55 bits per heavy atom. The predicted molar refractivity (Wildman–Crippen MR) is 83.1 cm³/mol. The van der Waals surface area contributed by atoms with Crippen LogP contribution in [0.5, 0.6) is 5.75 Å². The van der Waals surface area contributed by atoms with E-state index in [1.54, 1.807) is 7.11 Å². The van der Waals surface area contributed by atoms with Gasteiger partial charge < -0.3 is 9.84 Å². The van der Waals surface area contributed by atoms with E-state index < -0.39 is 0 Å². The van der Waals surface area contributed by atoms with Crippen LogP contribution in [-0.2, 0) is 6.42 Å². The van der Waals surface area contributed by atoms with Crippen LogP contribution in [0.1, 0.15) is 51.0 Å². The number of aliphatic hydroxyl groups excluding tert-OH is 1. The highest BCUT2D eigenvalue weighted by molar-refractivity contribution is 5.27. The third-order valence-corrected chi connectivity index (χ3v) is 4.87. The third-order valence-electron chi connectivity index (χ3n) is 4.87. The quantitative estimate of drug-likeness (QED) is 0.843. The van der Waals surface area contributed by atoms with Crippen LogP contribution in [0.2, 0.25) is 0 Å². The number of hydrogen-bond donors (Lipinski definition) is 1. The lowest BCUT2D eigenvalue weighted by molar-refractivity contribution is 0.0403. The van der Waals surface area contributed by atoms with Gasteiger partial charge in [0.25, 0.3) is 0 Å². The summed E-state index contributed by atoms with van der Waals surface area (Å²) in [6.45, 7) is 2.26. The lowest BCUT2D eigenvalue weighted by Gasteiger charge is -2.34. The molecule has 0 aliphatic heterocycles. The Hall–Kier alpha value is -1.02. The van der Waals surface area contributed by atoms with E-state index in [0.717, 1.165) is 24.5 Å². The van der Waals surface area contributed by atoms with Crippen LogP contribution in [0, 0.1) is 11.8 Å². The van der Waals surface area contributed by atoms with Gasteiger partial charge in [-0.05, 0) is 48.8 Å². The molecule has 1 aromatic rings. The van der Waals surface area contributed by atoms with Gasteiger partial charge >= 0.3 is 0 Å². The van der Waals surface area contributed by atoms with Gasteiger partial charge in [0.05, 0.1) is 13.2 Å². The maximum Gasteiger partial charge on any atom is 0.118 e. The second-order valence-electron chi connectivity index (χ2n) is 6.07. The molecular formula is C18H28O2. The van der Waals surface area contributed by atoms with Crippen molar-refractivity contribution in [2.45, 2.75) is 58.0 Å². The van der Waals surface area contributed by atoms with Crippen LogP contribution in [0.3, 0.4) is 0 Å². The highest BCUT2D eigenvalue weighted by atomic mass is 16.5. The van der Waals surface area contributed by atoms with Gasteiger partial charge in [-0.2, -0.15) is 0 Å². The van der Waals surface area contributed by atoms with Gasteiger partial charge in [-0.25, -0.2) is 0 Å². The molecule has 2 nitrogen and oxygen atoms in total. The highest BCUT2D eigenvalue weighted by Crippen LogP contribution is 2.35. The summed E-state index contributed by atoms with van der Waals surface area (Å²) < 4.78 is 5.17. The molecule has 0 aromatic heterocycles. The Kier molecular flexibility index (Phi) is 5.90. The lowest BCUT2D eigenvalue weighted by atomic mass is 9.74. The molecule has 0 spiro atoms. The second-order valence-corrected chi connectivity index (χ2v) is 6.07. The second kappa shape index (κ2) is 7.68. The normalized spacial score (nSPS) is 24.4. The van der Waals surface area contributed by atoms with Crippen molar-refractivity contribution >= 4 is 0 Å². The van der Waals surface area contributed by atoms with Crippen molar-refractivity contribution in [1.29, 1.82) is 0 Å². The molecule has 0 saturated heterocycles. The maximum atomic E-state index is 10.5. The molecule has 1 saturated carbocycles. The minimum atomic E-state index is -0.137. The van der Waals surface area contributed by atoms with Gasteiger partial charge in [-0.3, -0.25) is 0 Å². The van der Waals surface area contributed by atoms with Gasteiger partial charge in [-0.15, -0.1) is 0 Å². The van der Waals surface area contributed by atoms with Gasteiger partial charge in [0.2, 0.25) is 0 Å². The van der Waals surface area contributed by atoms with Crippen LogP contribution in [0.4, 0.5) is 0 Å². The van der Waals surface area contributed by atoms with Crippen LogP contribution >= 0.6 is 0 Å². The fourth-order valence-corrected chi connectivity index (χ4v) is 3.57. The van der Waals surface area contributed by atoms with E-state index in [2.05, 4.69) is 19.1 Å². The first-order valence-electron chi connectivity index (χ1n) is 8.05. The monoisotopic (exact) mass is 276 g/mol. The van der Waals surface area contributed by atoms with Crippen LogP contribution in [-0.4, -0.2) is 18.3 Å². The first kappa shape index (κ1) is 15.4. The lowest BCUT2D eigenvalue weighted by Crippen LogP contribution is -2.30. The van der Waals surface area contributed by atoms with Gasteiger partial charge in [-0.1, -0.05) is 44.7 Å². The Morgan fingerprint density at radius 2 is 1.90 bits per heavy atom. The molecule has 0 bridgehead atoms. The largest absolute Gasteiger partial charge is 0.497 e. The van der Waals surface area contributed by atoms with E-state index in [1.807, 2.05) is 12.1 Å². The summed E-state index contributed by atoms with van der Waals surface area (Å²) >= 11 is 0. The van der Waals surface area contributed by atoms with Crippen molar-refractivity contribution in [2.24, 2.45) is 11.8 Å². The number of rotatable bonds is 6. The summed E-state index contributed by atoms with van der Waals surface area (Å²) in [5.74, 6) is 2.15. The smallest absolute Gasteiger partial charge is 0.118 e. The molecule has 0 heterocycles. The molecule has 1 fully saturated rings. The third kappa shape index (κ3) is 3.99. The zero-order valence-corrected chi connectivity index (χ0v) is 12.8. The van der Waals surface area contributed by atoms with E-state index in [-0.39, 0.29) is 6.10 Å². The molecule has 1 N–H and O–H groups in total. The molecule has 2 rings (SSSR count). The standard InChI is InChI=1S/C18H28O2/c1-3-15-6-4-5-7-17(15)18(19)13-10-14-8-11-16(20-2)12-9-14/h8-9,11-12,15,17-19H,3-7,10,13H2,1-2H3. The van der Waals surface area contributed by atoms with Crippen molar-refractivity contribution in [3.8, 4) is 5.75 Å². The van der Waals surface area contributed by atoms with Crippen molar-refractivity contribution in [2.75, 3.05) is 7.11 Å². The first-order valence-corrected chi connectivity index (χ1v) is 8.05. The van der Waals surface area contributed by atoms with Gasteiger partial charge in [0, 0.05) is 0 Å². The number of aliphatic hydroxyl groups is 1. The Morgan fingerprint density at radius 1 is 1.20 bits per heavy atom. The zero-order chi connectivity index (χ0) is 14.4. The van der Waals surface area contributed by atoms with Crippen LogP contribution in [0.15, 0.2) is 24.3 Å². The molecule has 20 heavy (non-hydrogen) atoms. The minimum Gasteiger partial charge on any atom is -0.497 e. The number of ether oxygens (including phenoxy) is 1. The molecule has 1 aromatic carbocycles. The summed E-state index contributed by atoms with van der Waals surface area (Å²) in [4.78, 5) is 0. The van der Waals surface area contributed by atoms with Gasteiger partial charge in [0.1, 0.15) is 5.75 Å². The summed E-state index contributed by atoms with van der Waals surface area (Å²) in [5.41, 5.74) is 1.29. The van der Waals surface area contributed by atoms with Gasteiger partial charge in [0.15, 0.2) is 0 Å². The Labute approximate surface area is 123 Å². The van der Waals surface area contributed by atoms with E-state index in [1.165, 1.54) is 37.7 Å². The fourth-order valence-electron chi connectivity index (χ4n) is 3.57.